The van der Waals surface area contributed by atoms with E-state index in [0.717, 1.165) is 41.9 Å². The molecular formula is C28H29N5O3S. The maximum Gasteiger partial charge on any atom is 0.331 e. The smallest absolute Gasteiger partial charge is 0.331 e. The third kappa shape index (κ3) is 4.75. The van der Waals surface area contributed by atoms with Crippen molar-refractivity contribution in [2.45, 2.75) is 33.2 Å². The van der Waals surface area contributed by atoms with Crippen LogP contribution in [0.4, 0.5) is 21.9 Å². The zero-order chi connectivity index (χ0) is 25.9. The Morgan fingerprint density at radius 1 is 1.11 bits per heavy atom. The number of amides is 3. The number of aromatic nitrogens is 1. The SMILES string of the molecule is CC.Cc1cc(Oc2ccccc2)ccc1N1C(=O)Nc2c(C(=O)N[C@@H]3CCNC3)sc3nccc1c23. The summed E-state index contributed by atoms with van der Waals surface area (Å²) in [6.07, 6.45) is 2.56. The molecule has 3 N–H and O–H groups in total. The van der Waals surface area contributed by atoms with Crippen LogP contribution < -0.4 is 25.6 Å². The Labute approximate surface area is 219 Å². The van der Waals surface area contributed by atoms with Gasteiger partial charge >= 0.3 is 6.03 Å². The normalized spacial score (nSPS) is 16.1. The van der Waals surface area contributed by atoms with Crippen LogP contribution in [0.25, 0.3) is 10.2 Å². The minimum atomic E-state index is -0.320. The molecule has 37 heavy (non-hydrogen) atoms. The summed E-state index contributed by atoms with van der Waals surface area (Å²) < 4.78 is 5.95. The molecule has 8 nitrogen and oxygen atoms in total. The van der Waals surface area contributed by atoms with Crippen molar-refractivity contribution < 1.29 is 14.3 Å². The quantitative estimate of drug-likeness (QED) is 0.294. The molecule has 0 aliphatic carbocycles. The molecule has 2 aromatic heterocycles. The molecular weight excluding hydrogens is 486 g/mol. The number of urea groups is 1. The van der Waals surface area contributed by atoms with E-state index in [4.69, 9.17) is 4.74 Å². The summed E-state index contributed by atoms with van der Waals surface area (Å²) >= 11 is 1.30. The number of carbonyl (C=O) groups excluding carboxylic acids is 2. The molecule has 1 saturated heterocycles. The molecule has 9 heteroatoms. The lowest BCUT2D eigenvalue weighted by Crippen LogP contribution is -2.37. The highest BCUT2D eigenvalue weighted by atomic mass is 32.1. The maximum atomic E-state index is 13.4. The van der Waals surface area contributed by atoms with Crippen molar-refractivity contribution >= 4 is 50.6 Å². The molecule has 6 rings (SSSR count). The number of para-hydroxylation sites is 1. The van der Waals surface area contributed by atoms with Gasteiger partial charge in [0.1, 0.15) is 21.2 Å². The third-order valence-corrected chi connectivity index (χ3v) is 7.33. The summed E-state index contributed by atoms with van der Waals surface area (Å²) in [5, 5.41) is 10.1. The van der Waals surface area contributed by atoms with Gasteiger partial charge in [-0.1, -0.05) is 32.0 Å². The van der Waals surface area contributed by atoms with Gasteiger partial charge in [-0.25, -0.2) is 9.78 Å². The average molecular weight is 516 g/mol. The van der Waals surface area contributed by atoms with Gasteiger partial charge < -0.3 is 20.7 Å². The molecule has 0 bridgehead atoms. The monoisotopic (exact) mass is 515 g/mol. The van der Waals surface area contributed by atoms with E-state index in [1.54, 1.807) is 11.1 Å². The van der Waals surface area contributed by atoms with Crippen molar-refractivity contribution in [2.24, 2.45) is 0 Å². The third-order valence-electron chi connectivity index (χ3n) is 6.24. The molecule has 2 aromatic carbocycles. The highest BCUT2D eigenvalue weighted by Gasteiger charge is 2.33. The molecule has 2 aliphatic heterocycles. The number of nitrogens with zero attached hydrogens (tertiary/aromatic N) is 2. The Hall–Kier alpha value is -3.95. The van der Waals surface area contributed by atoms with Crippen LogP contribution in [-0.2, 0) is 0 Å². The van der Waals surface area contributed by atoms with E-state index in [9.17, 15) is 9.59 Å². The lowest BCUT2D eigenvalue weighted by atomic mass is 10.1. The first kappa shape index (κ1) is 24.7. The number of pyridine rings is 1. The van der Waals surface area contributed by atoms with E-state index in [0.29, 0.717) is 26.8 Å². The van der Waals surface area contributed by atoms with E-state index >= 15 is 0 Å². The summed E-state index contributed by atoms with van der Waals surface area (Å²) in [6.45, 7) is 7.57. The molecule has 0 radical (unpaired) electrons. The predicted octanol–water partition coefficient (Wildman–Crippen LogP) is 6.20. The second-order valence-corrected chi connectivity index (χ2v) is 9.61. The van der Waals surface area contributed by atoms with Crippen LogP contribution in [-0.4, -0.2) is 36.1 Å². The minimum Gasteiger partial charge on any atom is -0.457 e. The van der Waals surface area contributed by atoms with Crippen LogP contribution in [0.15, 0.2) is 60.8 Å². The number of carbonyl (C=O) groups is 2. The lowest BCUT2D eigenvalue weighted by Gasteiger charge is -2.29. The molecule has 0 spiro atoms. The summed E-state index contributed by atoms with van der Waals surface area (Å²) in [5.74, 6) is 1.25. The molecule has 190 valence electrons. The van der Waals surface area contributed by atoms with Gasteiger partial charge in [-0.15, -0.1) is 11.3 Å². The number of aryl methyl sites for hydroxylation is 1. The number of hydrogen-bond acceptors (Lipinski definition) is 6. The van der Waals surface area contributed by atoms with Crippen LogP contribution in [0, 0.1) is 6.92 Å². The molecule has 0 unspecified atom stereocenters. The van der Waals surface area contributed by atoms with Crippen molar-refractivity contribution in [3.63, 3.8) is 0 Å². The van der Waals surface area contributed by atoms with E-state index in [2.05, 4.69) is 20.9 Å². The zero-order valence-corrected chi connectivity index (χ0v) is 21.8. The first-order chi connectivity index (χ1) is 18.1. The number of anilines is 3. The Morgan fingerprint density at radius 3 is 2.65 bits per heavy atom. The Balaban J connectivity index is 0.00000137. The summed E-state index contributed by atoms with van der Waals surface area (Å²) in [4.78, 5) is 33.7. The van der Waals surface area contributed by atoms with E-state index in [1.165, 1.54) is 11.3 Å². The Bertz CT molecular complexity index is 1450. The standard InChI is InChI=1S/C26H23N5O3S.C2H6/c1-15-13-18(34-17-5-3-2-4-6-17)7-8-19(15)31-20-10-12-28-25-21(20)22(30-26(31)33)23(35-25)24(32)29-16-9-11-27-14-16;1-2/h2-8,10,12-13,16,27H,9,11,14H2,1H3,(H,29,32)(H,30,33);1-2H3/t16-;/m1./s1. The van der Waals surface area contributed by atoms with Gasteiger partial charge in [0.25, 0.3) is 5.91 Å². The number of rotatable bonds is 5. The van der Waals surface area contributed by atoms with Gasteiger partial charge in [0, 0.05) is 18.8 Å². The second-order valence-electron chi connectivity index (χ2n) is 8.61. The van der Waals surface area contributed by atoms with Gasteiger partial charge in [-0.3, -0.25) is 9.69 Å². The Morgan fingerprint density at radius 2 is 1.92 bits per heavy atom. The van der Waals surface area contributed by atoms with Crippen LogP contribution in [0.1, 0.15) is 35.5 Å². The topological polar surface area (TPSA) is 95.6 Å². The number of nitrogens with one attached hydrogen (secondary N) is 3. The lowest BCUT2D eigenvalue weighted by molar-refractivity contribution is 0.0945. The average Bonchev–Trinajstić information content (AvgIpc) is 3.56. The highest BCUT2D eigenvalue weighted by molar-refractivity contribution is 7.21. The fourth-order valence-corrected chi connectivity index (χ4v) is 5.60. The van der Waals surface area contributed by atoms with Gasteiger partial charge in [-0.2, -0.15) is 0 Å². The van der Waals surface area contributed by atoms with E-state index < -0.39 is 0 Å². The summed E-state index contributed by atoms with van der Waals surface area (Å²) in [6, 6.07) is 16.8. The largest absolute Gasteiger partial charge is 0.457 e. The van der Waals surface area contributed by atoms with Crippen molar-refractivity contribution in [1.82, 2.24) is 15.6 Å². The molecule has 3 amide bonds. The summed E-state index contributed by atoms with van der Waals surface area (Å²) in [7, 11) is 0. The van der Waals surface area contributed by atoms with Crippen molar-refractivity contribution in [3.8, 4) is 11.5 Å². The van der Waals surface area contributed by atoms with Crippen LogP contribution in [0.5, 0.6) is 11.5 Å². The number of thiophene rings is 1. The molecule has 1 fully saturated rings. The Kier molecular flexibility index (Phi) is 7.07. The van der Waals surface area contributed by atoms with Crippen LogP contribution in [0.2, 0.25) is 0 Å². The summed E-state index contributed by atoms with van der Waals surface area (Å²) in [5.41, 5.74) is 2.84. The fourth-order valence-electron chi connectivity index (χ4n) is 4.58. The maximum absolute atomic E-state index is 13.4. The molecule has 0 saturated carbocycles. The molecule has 4 aromatic rings. The van der Waals surface area contributed by atoms with Gasteiger partial charge in [0.2, 0.25) is 0 Å². The van der Waals surface area contributed by atoms with Crippen LogP contribution >= 0.6 is 11.3 Å². The van der Waals surface area contributed by atoms with E-state index in [-0.39, 0.29) is 18.0 Å². The zero-order valence-electron chi connectivity index (χ0n) is 21.0. The van der Waals surface area contributed by atoms with Gasteiger partial charge in [0.05, 0.1) is 22.4 Å². The molecule has 4 heterocycles. The van der Waals surface area contributed by atoms with Crippen molar-refractivity contribution in [3.05, 3.63) is 71.2 Å². The second kappa shape index (κ2) is 10.6. The van der Waals surface area contributed by atoms with Gasteiger partial charge in [-0.05, 0) is 61.9 Å². The first-order valence-corrected chi connectivity index (χ1v) is 13.3. The highest BCUT2D eigenvalue weighted by Crippen LogP contribution is 2.46. The van der Waals surface area contributed by atoms with Crippen molar-refractivity contribution in [1.29, 1.82) is 0 Å². The number of ether oxygens (including phenoxy) is 1. The minimum absolute atomic E-state index is 0.0856. The first-order valence-electron chi connectivity index (χ1n) is 12.5. The number of hydrogen-bond donors (Lipinski definition) is 3. The van der Waals surface area contributed by atoms with Gasteiger partial charge in [0.15, 0.2) is 0 Å². The predicted molar refractivity (Wildman–Crippen MR) is 149 cm³/mol. The molecule has 2 aliphatic rings. The van der Waals surface area contributed by atoms with Crippen LogP contribution in [0.3, 0.4) is 0 Å². The van der Waals surface area contributed by atoms with E-state index in [1.807, 2.05) is 75.4 Å². The van der Waals surface area contributed by atoms with Crippen molar-refractivity contribution in [2.75, 3.05) is 23.3 Å². The molecule has 1 atom stereocenters. The fraction of sp³-hybridized carbons (Fsp3) is 0.250. The number of benzene rings is 2.